The number of likely N-dealkylation sites (tertiary alicyclic amines) is 1. The largest absolute Gasteiger partial charge is 0.497 e. The van der Waals surface area contributed by atoms with Gasteiger partial charge in [-0.05, 0) is 29.7 Å². The number of halogens is 1. The monoisotopic (exact) mass is 552 g/mol. The molecule has 1 atom stereocenters. The Labute approximate surface area is 207 Å². The van der Waals surface area contributed by atoms with E-state index in [-0.39, 0.29) is 36.4 Å². The highest BCUT2D eigenvalue weighted by molar-refractivity contribution is 14.0. The fourth-order valence-corrected chi connectivity index (χ4v) is 3.58. The molecule has 3 rings (SSSR count). The van der Waals surface area contributed by atoms with Crippen molar-refractivity contribution in [3.05, 3.63) is 65.7 Å². The zero-order chi connectivity index (χ0) is 21.9. The summed E-state index contributed by atoms with van der Waals surface area (Å²) in [4.78, 5) is 18.7. The molecule has 32 heavy (non-hydrogen) atoms. The molecular weight excluding hydrogens is 519 g/mol. The van der Waals surface area contributed by atoms with E-state index >= 15 is 0 Å². The maximum absolute atomic E-state index is 12.2. The number of benzene rings is 2. The summed E-state index contributed by atoms with van der Waals surface area (Å²) in [5, 5.41) is 6.09. The van der Waals surface area contributed by atoms with Crippen LogP contribution in [-0.4, -0.2) is 57.2 Å². The van der Waals surface area contributed by atoms with Gasteiger partial charge in [-0.3, -0.25) is 9.79 Å². The molecule has 0 radical (unpaired) electrons. The van der Waals surface area contributed by atoms with Crippen LogP contribution in [0.25, 0.3) is 0 Å². The highest BCUT2D eigenvalue weighted by Crippen LogP contribution is 2.17. The second-order valence-electron chi connectivity index (χ2n) is 7.63. The Morgan fingerprint density at radius 1 is 1.09 bits per heavy atom. The highest BCUT2D eigenvalue weighted by atomic mass is 127. The molecule has 1 aliphatic rings. The van der Waals surface area contributed by atoms with Crippen LogP contribution in [0.2, 0.25) is 0 Å². The summed E-state index contributed by atoms with van der Waals surface area (Å²) < 4.78 is 11.0. The summed E-state index contributed by atoms with van der Waals surface area (Å²) >= 11 is 0. The van der Waals surface area contributed by atoms with E-state index in [0.717, 1.165) is 43.4 Å². The quantitative estimate of drug-likeness (QED) is 0.284. The van der Waals surface area contributed by atoms with Crippen LogP contribution in [-0.2, 0) is 22.7 Å². The van der Waals surface area contributed by atoms with Gasteiger partial charge in [-0.25, -0.2) is 0 Å². The van der Waals surface area contributed by atoms with Gasteiger partial charge in [0.05, 0.1) is 26.9 Å². The molecule has 2 aromatic rings. The number of nitrogens with zero attached hydrogens (tertiary/aromatic N) is 2. The van der Waals surface area contributed by atoms with E-state index in [2.05, 4.69) is 32.7 Å². The third kappa shape index (κ3) is 8.31. The number of nitrogens with one attached hydrogen (secondary N) is 2. The Balaban J connectivity index is 0.00000363. The molecule has 1 fully saturated rings. The Bertz CT molecular complexity index is 846. The minimum Gasteiger partial charge on any atom is -0.497 e. The van der Waals surface area contributed by atoms with Gasteiger partial charge in [-0.15, -0.1) is 24.0 Å². The van der Waals surface area contributed by atoms with Crippen LogP contribution < -0.4 is 15.4 Å². The van der Waals surface area contributed by atoms with Crippen molar-refractivity contribution in [1.29, 1.82) is 0 Å². The molecule has 1 saturated heterocycles. The van der Waals surface area contributed by atoms with Crippen LogP contribution in [0.5, 0.6) is 5.75 Å². The fraction of sp³-hybridized carbons (Fsp3) is 0.417. The number of rotatable bonds is 9. The lowest BCUT2D eigenvalue weighted by molar-refractivity contribution is -0.120. The summed E-state index contributed by atoms with van der Waals surface area (Å²) in [6.45, 7) is 3.82. The van der Waals surface area contributed by atoms with Crippen molar-refractivity contribution in [2.24, 2.45) is 10.9 Å². The number of aliphatic imine (C=N–C) groups is 1. The van der Waals surface area contributed by atoms with Crippen molar-refractivity contribution in [2.75, 3.05) is 40.4 Å². The van der Waals surface area contributed by atoms with Gasteiger partial charge in [0.2, 0.25) is 5.91 Å². The standard InChI is InChI=1S/C24H32N4O3.HI/c1-25-24(27-15-23(29)26-14-19-8-10-22(30-2)11-9-19)28-13-12-21(16-28)18-31-17-20-6-4-3-5-7-20;/h3-11,21H,12-18H2,1-2H3,(H,25,27)(H,26,29);1H. The molecule has 0 spiro atoms. The lowest BCUT2D eigenvalue weighted by Crippen LogP contribution is -2.44. The molecule has 174 valence electrons. The smallest absolute Gasteiger partial charge is 0.239 e. The maximum atomic E-state index is 12.2. The molecule has 0 bridgehead atoms. The summed E-state index contributed by atoms with van der Waals surface area (Å²) in [5.41, 5.74) is 2.21. The molecule has 7 nitrogen and oxygen atoms in total. The van der Waals surface area contributed by atoms with E-state index < -0.39 is 0 Å². The van der Waals surface area contributed by atoms with Crippen molar-refractivity contribution in [1.82, 2.24) is 15.5 Å². The molecule has 2 N–H and O–H groups in total. The second-order valence-corrected chi connectivity index (χ2v) is 7.63. The molecule has 0 saturated carbocycles. The number of guanidine groups is 1. The normalized spacial score (nSPS) is 15.8. The number of hydrogen-bond donors (Lipinski definition) is 2. The molecular formula is C24H33IN4O3. The van der Waals surface area contributed by atoms with Crippen molar-refractivity contribution < 1.29 is 14.3 Å². The number of amides is 1. The number of methoxy groups -OCH3 is 1. The average molecular weight is 552 g/mol. The average Bonchev–Trinajstić information content (AvgIpc) is 3.28. The molecule has 2 aromatic carbocycles. The van der Waals surface area contributed by atoms with Crippen molar-refractivity contribution in [2.45, 2.75) is 19.6 Å². The molecule has 0 aromatic heterocycles. The molecule has 1 aliphatic heterocycles. The highest BCUT2D eigenvalue weighted by Gasteiger charge is 2.25. The number of carbonyl (C=O) groups is 1. The molecule has 1 heterocycles. The Hall–Kier alpha value is -2.33. The zero-order valence-electron chi connectivity index (χ0n) is 18.8. The van der Waals surface area contributed by atoms with Gasteiger partial charge in [0.1, 0.15) is 5.75 Å². The zero-order valence-corrected chi connectivity index (χ0v) is 21.1. The van der Waals surface area contributed by atoms with Crippen LogP contribution in [0.1, 0.15) is 17.5 Å². The minimum absolute atomic E-state index is 0. The van der Waals surface area contributed by atoms with Gasteiger partial charge < -0.3 is 25.0 Å². The third-order valence-electron chi connectivity index (χ3n) is 5.32. The predicted molar refractivity (Wildman–Crippen MR) is 137 cm³/mol. The Morgan fingerprint density at radius 3 is 2.53 bits per heavy atom. The first-order valence-corrected chi connectivity index (χ1v) is 10.6. The molecule has 8 heteroatoms. The van der Waals surface area contributed by atoms with Crippen LogP contribution in [0, 0.1) is 5.92 Å². The Kier molecular flexibility index (Phi) is 11.3. The van der Waals surface area contributed by atoms with Gasteiger partial charge in [0, 0.05) is 32.6 Å². The first-order chi connectivity index (χ1) is 15.2. The van der Waals surface area contributed by atoms with E-state index in [1.54, 1.807) is 14.2 Å². The van der Waals surface area contributed by atoms with Crippen LogP contribution in [0.15, 0.2) is 59.6 Å². The van der Waals surface area contributed by atoms with Crippen molar-refractivity contribution in [3.63, 3.8) is 0 Å². The Morgan fingerprint density at radius 2 is 1.84 bits per heavy atom. The first-order valence-electron chi connectivity index (χ1n) is 10.6. The molecule has 1 amide bonds. The van der Waals surface area contributed by atoms with E-state index in [1.807, 2.05) is 42.5 Å². The van der Waals surface area contributed by atoms with Gasteiger partial charge >= 0.3 is 0 Å². The molecule has 0 aliphatic carbocycles. The molecule has 1 unspecified atom stereocenters. The number of carbonyl (C=O) groups excluding carboxylic acids is 1. The lowest BCUT2D eigenvalue weighted by atomic mass is 10.1. The SMILES string of the molecule is CN=C(NCC(=O)NCc1ccc(OC)cc1)N1CCC(COCc2ccccc2)C1.I. The van der Waals surface area contributed by atoms with E-state index in [9.17, 15) is 4.79 Å². The third-order valence-corrected chi connectivity index (χ3v) is 5.32. The van der Waals surface area contributed by atoms with E-state index in [0.29, 0.717) is 19.1 Å². The van der Waals surface area contributed by atoms with E-state index in [4.69, 9.17) is 9.47 Å². The van der Waals surface area contributed by atoms with Gasteiger partial charge in [-0.2, -0.15) is 0 Å². The van der Waals surface area contributed by atoms with Crippen LogP contribution in [0.3, 0.4) is 0 Å². The van der Waals surface area contributed by atoms with Crippen molar-refractivity contribution in [3.8, 4) is 5.75 Å². The minimum atomic E-state index is -0.0705. The van der Waals surface area contributed by atoms with Gasteiger partial charge in [0.25, 0.3) is 0 Å². The van der Waals surface area contributed by atoms with Gasteiger partial charge in [0.15, 0.2) is 5.96 Å². The maximum Gasteiger partial charge on any atom is 0.239 e. The number of ether oxygens (including phenoxy) is 2. The van der Waals surface area contributed by atoms with Crippen LogP contribution >= 0.6 is 24.0 Å². The predicted octanol–water partition coefficient (Wildman–Crippen LogP) is 3.04. The second kappa shape index (κ2) is 13.9. The van der Waals surface area contributed by atoms with E-state index in [1.165, 1.54) is 5.56 Å². The number of hydrogen-bond acceptors (Lipinski definition) is 4. The summed E-state index contributed by atoms with van der Waals surface area (Å²) in [6, 6.07) is 17.9. The fourth-order valence-electron chi connectivity index (χ4n) is 3.58. The van der Waals surface area contributed by atoms with Crippen molar-refractivity contribution >= 4 is 35.8 Å². The van der Waals surface area contributed by atoms with Gasteiger partial charge in [-0.1, -0.05) is 42.5 Å². The summed E-state index contributed by atoms with van der Waals surface area (Å²) in [7, 11) is 3.38. The lowest BCUT2D eigenvalue weighted by Gasteiger charge is -2.21. The first kappa shape index (κ1) is 25.9. The van der Waals surface area contributed by atoms with Crippen LogP contribution in [0.4, 0.5) is 0 Å². The summed E-state index contributed by atoms with van der Waals surface area (Å²) in [6.07, 6.45) is 1.05. The summed E-state index contributed by atoms with van der Waals surface area (Å²) in [5.74, 6) is 1.95. The topological polar surface area (TPSA) is 75.2 Å².